The molecule has 216 valence electrons. The molecule has 1 saturated heterocycles. The van der Waals surface area contributed by atoms with Crippen LogP contribution in [0.1, 0.15) is 53.2 Å². The summed E-state index contributed by atoms with van der Waals surface area (Å²) in [5.41, 5.74) is 5.57. The number of carboxylic acid groups (broad SMARTS) is 1. The van der Waals surface area contributed by atoms with Gasteiger partial charge in [0.25, 0.3) is 5.56 Å². The molecule has 2 unspecified atom stereocenters. The van der Waals surface area contributed by atoms with Crippen molar-refractivity contribution in [3.8, 4) is 11.3 Å². The van der Waals surface area contributed by atoms with E-state index in [0.29, 0.717) is 30.0 Å². The summed E-state index contributed by atoms with van der Waals surface area (Å²) in [5.74, 6) is 0.0781. The van der Waals surface area contributed by atoms with Crippen LogP contribution in [0.25, 0.3) is 11.3 Å². The number of rotatable bonds is 9. The standard InChI is InChI=1S/C36H39N3O3/c1-2-27-20-31(36(41)42)35(40)37-34(27)28-16-18-30(19-17-28)38-23-29-14-9-15-33(32(29)24-38)39(21-25-10-5-3-6-11-25)22-26-12-7-4-8-13-26/h3-8,10-13,16-20,29,32-33H,2,9,14-15,21-24H2,1H3,(H,37,40)(H,41,42)/t29?,32?,33-/m1/s1. The number of aromatic carboxylic acids is 1. The van der Waals surface area contributed by atoms with Crippen molar-refractivity contribution in [2.24, 2.45) is 11.8 Å². The normalized spacial score (nSPS) is 20.0. The molecule has 0 radical (unpaired) electrons. The molecule has 0 amide bonds. The van der Waals surface area contributed by atoms with Gasteiger partial charge in [-0.05, 0) is 71.6 Å². The largest absolute Gasteiger partial charge is 0.477 e. The van der Waals surface area contributed by atoms with Crippen molar-refractivity contribution in [3.63, 3.8) is 0 Å². The number of pyridine rings is 1. The SMILES string of the molecule is CCc1cc(C(=O)O)c(=O)[nH]c1-c1ccc(N2CC3CCC[C@@H](N(Cc4ccccc4)Cc4ccccc4)C3C2)cc1. The quantitative estimate of drug-likeness (QED) is 0.241. The van der Waals surface area contributed by atoms with E-state index in [-0.39, 0.29) is 5.56 Å². The molecule has 3 aromatic carbocycles. The Hall–Kier alpha value is -4.16. The number of nitrogens with zero attached hydrogens (tertiary/aromatic N) is 2. The summed E-state index contributed by atoms with van der Waals surface area (Å²) in [6, 6.07) is 32.1. The number of fused-ring (bicyclic) bond motifs is 1. The van der Waals surface area contributed by atoms with Crippen LogP contribution in [-0.2, 0) is 19.5 Å². The fourth-order valence-electron chi connectivity index (χ4n) is 7.14. The van der Waals surface area contributed by atoms with Crippen LogP contribution >= 0.6 is 0 Å². The Morgan fingerprint density at radius 1 is 0.905 bits per heavy atom. The summed E-state index contributed by atoms with van der Waals surface area (Å²) < 4.78 is 0. The predicted molar refractivity (Wildman–Crippen MR) is 168 cm³/mol. The van der Waals surface area contributed by atoms with E-state index >= 15 is 0 Å². The van der Waals surface area contributed by atoms with Gasteiger partial charge >= 0.3 is 5.97 Å². The van der Waals surface area contributed by atoms with Crippen LogP contribution in [0, 0.1) is 11.8 Å². The average molecular weight is 562 g/mol. The zero-order valence-corrected chi connectivity index (χ0v) is 24.2. The Kier molecular flexibility index (Phi) is 8.24. The molecule has 6 heteroatoms. The van der Waals surface area contributed by atoms with E-state index in [2.05, 4.69) is 99.7 Å². The number of aromatic amines is 1. The first-order valence-corrected chi connectivity index (χ1v) is 15.2. The summed E-state index contributed by atoms with van der Waals surface area (Å²) in [6.45, 7) is 5.99. The van der Waals surface area contributed by atoms with Gasteiger partial charge in [-0.1, -0.05) is 86.1 Å². The minimum atomic E-state index is -1.20. The minimum absolute atomic E-state index is 0.213. The van der Waals surface area contributed by atoms with Crippen LogP contribution < -0.4 is 10.5 Å². The van der Waals surface area contributed by atoms with Crippen molar-refractivity contribution in [1.29, 1.82) is 0 Å². The van der Waals surface area contributed by atoms with Gasteiger partial charge in [0.2, 0.25) is 0 Å². The molecular formula is C36H39N3O3. The smallest absolute Gasteiger partial charge is 0.341 e. The molecule has 1 aliphatic heterocycles. The monoisotopic (exact) mass is 561 g/mol. The number of anilines is 1. The van der Waals surface area contributed by atoms with E-state index in [0.717, 1.165) is 37.3 Å². The molecule has 2 fully saturated rings. The van der Waals surface area contributed by atoms with Crippen molar-refractivity contribution < 1.29 is 9.90 Å². The number of H-pyrrole nitrogens is 1. The molecular weight excluding hydrogens is 522 g/mol. The fourth-order valence-corrected chi connectivity index (χ4v) is 7.14. The molecule has 2 aliphatic rings. The number of hydrogen-bond acceptors (Lipinski definition) is 4. The molecule has 2 heterocycles. The van der Waals surface area contributed by atoms with E-state index in [1.165, 1.54) is 42.1 Å². The van der Waals surface area contributed by atoms with Gasteiger partial charge in [-0.15, -0.1) is 0 Å². The van der Waals surface area contributed by atoms with Crippen molar-refractivity contribution in [2.45, 2.75) is 51.7 Å². The number of aromatic nitrogens is 1. The lowest BCUT2D eigenvalue weighted by Crippen LogP contribution is -2.45. The average Bonchev–Trinajstić information content (AvgIpc) is 3.46. The van der Waals surface area contributed by atoms with E-state index in [9.17, 15) is 14.7 Å². The molecule has 42 heavy (non-hydrogen) atoms. The first-order valence-electron chi connectivity index (χ1n) is 15.2. The molecule has 1 aromatic heterocycles. The van der Waals surface area contributed by atoms with Crippen LogP contribution in [0.3, 0.4) is 0 Å². The maximum Gasteiger partial charge on any atom is 0.341 e. The lowest BCUT2D eigenvalue weighted by molar-refractivity contribution is 0.0695. The number of hydrogen-bond donors (Lipinski definition) is 2. The van der Waals surface area contributed by atoms with Crippen molar-refractivity contribution >= 4 is 11.7 Å². The Morgan fingerprint density at radius 3 is 2.14 bits per heavy atom. The second-order valence-corrected chi connectivity index (χ2v) is 11.8. The van der Waals surface area contributed by atoms with Crippen LogP contribution in [0.5, 0.6) is 0 Å². The second-order valence-electron chi connectivity index (χ2n) is 11.8. The molecule has 4 aromatic rings. The van der Waals surface area contributed by atoms with E-state index in [1.54, 1.807) is 0 Å². The summed E-state index contributed by atoms with van der Waals surface area (Å²) in [7, 11) is 0. The summed E-state index contributed by atoms with van der Waals surface area (Å²) >= 11 is 0. The maximum absolute atomic E-state index is 12.4. The maximum atomic E-state index is 12.4. The van der Waals surface area contributed by atoms with Crippen LogP contribution in [0.4, 0.5) is 5.69 Å². The third kappa shape index (κ3) is 5.90. The zero-order valence-electron chi connectivity index (χ0n) is 24.2. The number of aryl methyl sites for hydroxylation is 1. The highest BCUT2D eigenvalue weighted by atomic mass is 16.4. The van der Waals surface area contributed by atoms with Gasteiger partial charge < -0.3 is 15.0 Å². The Bertz CT molecular complexity index is 1530. The highest BCUT2D eigenvalue weighted by molar-refractivity contribution is 5.88. The first kappa shape index (κ1) is 28.0. The predicted octanol–water partition coefficient (Wildman–Crippen LogP) is 6.61. The lowest BCUT2D eigenvalue weighted by Gasteiger charge is -2.41. The van der Waals surface area contributed by atoms with Crippen molar-refractivity contribution in [3.05, 3.63) is 124 Å². The zero-order chi connectivity index (χ0) is 29.1. The van der Waals surface area contributed by atoms with Gasteiger partial charge in [0, 0.05) is 37.9 Å². The van der Waals surface area contributed by atoms with E-state index in [4.69, 9.17) is 0 Å². The summed E-state index contributed by atoms with van der Waals surface area (Å²) in [5, 5.41) is 9.36. The Labute approximate surface area is 247 Å². The summed E-state index contributed by atoms with van der Waals surface area (Å²) in [4.78, 5) is 32.0. The van der Waals surface area contributed by atoms with Crippen molar-refractivity contribution in [2.75, 3.05) is 18.0 Å². The number of carbonyl (C=O) groups is 1. The van der Waals surface area contributed by atoms with Gasteiger partial charge in [-0.3, -0.25) is 9.69 Å². The molecule has 0 spiro atoms. The van der Waals surface area contributed by atoms with Crippen LogP contribution in [-0.4, -0.2) is 40.1 Å². The van der Waals surface area contributed by atoms with Crippen LogP contribution in [0.15, 0.2) is 95.8 Å². The van der Waals surface area contributed by atoms with Gasteiger partial charge in [-0.25, -0.2) is 4.79 Å². The van der Waals surface area contributed by atoms with E-state index in [1.807, 2.05) is 6.92 Å². The number of nitrogens with one attached hydrogen (secondary N) is 1. The van der Waals surface area contributed by atoms with Crippen LogP contribution in [0.2, 0.25) is 0 Å². The molecule has 6 rings (SSSR count). The molecule has 1 saturated carbocycles. The molecule has 2 N–H and O–H groups in total. The minimum Gasteiger partial charge on any atom is -0.477 e. The fraction of sp³-hybridized carbons (Fsp3) is 0.333. The van der Waals surface area contributed by atoms with Gasteiger partial charge in [0.05, 0.1) is 5.69 Å². The van der Waals surface area contributed by atoms with Gasteiger partial charge in [0.1, 0.15) is 5.56 Å². The third-order valence-corrected chi connectivity index (χ3v) is 9.24. The second kappa shape index (κ2) is 12.4. The van der Waals surface area contributed by atoms with Gasteiger partial charge in [-0.2, -0.15) is 0 Å². The molecule has 6 nitrogen and oxygen atoms in total. The third-order valence-electron chi connectivity index (χ3n) is 9.24. The number of carboxylic acids is 1. The molecule has 0 bridgehead atoms. The molecule has 1 aliphatic carbocycles. The first-order chi connectivity index (χ1) is 20.5. The Balaban J connectivity index is 1.22. The molecule has 3 atom stereocenters. The van der Waals surface area contributed by atoms with Gasteiger partial charge in [0.15, 0.2) is 0 Å². The van der Waals surface area contributed by atoms with E-state index < -0.39 is 11.5 Å². The topological polar surface area (TPSA) is 76.6 Å². The highest BCUT2D eigenvalue weighted by Gasteiger charge is 2.42. The summed E-state index contributed by atoms with van der Waals surface area (Å²) in [6.07, 6.45) is 4.40. The highest BCUT2D eigenvalue weighted by Crippen LogP contribution is 2.41. The Morgan fingerprint density at radius 2 is 1.55 bits per heavy atom. The lowest BCUT2D eigenvalue weighted by atomic mass is 9.77. The van der Waals surface area contributed by atoms with Crippen molar-refractivity contribution in [1.82, 2.24) is 9.88 Å². The number of benzene rings is 3.